The van der Waals surface area contributed by atoms with Crippen LogP contribution in [-0.4, -0.2) is 32.2 Å². The Kier molecular flexibility index (Phi) is 4.29. The highest BCUT2D eigenvalue weighted by molar-refractivity contribution is 4.83. The Morgan fingerprint density at radius 2 is 2.00 bits per heavy atom. The van der Waals surface area contributed by atoms with Crippen LogP contribution in [0.1, 0.15) is 13.8 Å². The summed E-state index contributed by atoms with van der Waals surface area (Å²) >= 11 is 0. The maximum atomic E-state index is 5.38. The highest BCUT2D eigenvalue weighted by Gasteiger charge is 2.18. The molecular formula is C9H16O3. The van der Waals surface area contributed by atoms with Gasteiger partial charge in [0, 0.05) is 6.61 Å². The molecule has 0 aromatic heterocycles. The van der Waals surface area contributed by atoms with E-state index in [1.54, 1.807) is 0 Å². The van der Waals surface area contributed by atoms with Gasteiger partial charge in [0.1, 0.15) is 6.10 Å². The first-order chi connectivity index (χ1) is 5.84. The second kappa shape index (κ2) is 5.30. The van der Waals surface area contributed by atoms with Gasteiger partial charge in [0.05, 0.1) is 13.2 Å². The summed E-state index contributed by atoms with van der Waals surface area (Å²) in [5, 5.41) is 0. The summed E-state index contributed by atoms with van der Waals surface area (Å²) in [7, 11) is 0. The summed E-state index contributed by atoms with van der Waals surface area (Å²) in [6, 6.07) is 0. The lowest BCUT2D eigenvalue weighted by molar-refractivity contribution is -0.187. The Labute approximate surface area is 73.3 Å². The van der Waals surface area contributed by atoms with Gasteiger partial charge in [-0.05, 0) is 13.8 Å². The molecule has 0 amide bonds. The fraction of sp³-hybridized carbons (Fsp3) is 0.778. The molecule has 12 heavy (non-hydrogen) atoms. The summed E-state index contributed by atoms with van der Waals surface area (Å²) < 4.78 is 16.1. The first-order valence-electron chi connectivity index (χ1n) is 4.34. The van der Waals surface area contributed by atoms with E-state index in [2.05, 4.69) is 0 Å². The summed E-state index contributed by atoms with van der Waals surface area (Å²) in [5.41, 5.74) is 0. The molecule has 0 radical (unpaired) electrons. The van der Waals surface area contributed by atoms with Gasteiger partial charge in [-0.25, -0.2) is 0 Å². The molecule has 0 saturated carbocycles. The normalized spacial score (nSPS) is 22.2. The highest BCUT2D eigenvalue weighted by Crippen LogP contribution is 2.08. The SMILES string of the molecule is CCOC(C)C1OCC=CCO1. The predicted octanol–water partition coefficient (Wildman–Crippen LogP) is 1.34. The Bertz CT molecular complexity index is 135. The molecule has 0 spiro atoms. The average Bonchev–Trinajstić information content (AvgIpc) is 2.32. The van der Waals surface area contributed by atoms with Gasteiger partial charge in [-0.3, -0.25) is 0 Å². The van der Waals surface area contributed by atoms with Gasteiger partial charge in [-0.2, -0.15) is 0 Å². The van der Waals surface area contributed by atoms with Crippen LogP contribution in [0.2, 0.25) is 0 Å². The third-order valence-corrected chi connectivity index (χ3v) is 1.69. The van der Waals surface area contributed by atoms with Crippen molar-refractivity contribution in [1.82, 2.24) is 0 Å². The van der Waals surface area contributed by atoms with Crippen molar-refractivity contribution in [2.45, 2.75) is 26.2 Å². The Morgan fingerprint density at radius 3 is 2.50 bits per heavy atom. The highest BCUT2D eigenvalue weighted by atomic mass is 16.7. The van der Waals surface area contributed by atoms with Gasteiger partial charge in [0.25, 0.3) is 0 Å². The topological polar surface area (TPSA) is 27.7 Å². The van der Waals surface area contributed by atoms with Crippen LogP contribution in [0.25, 0.3) is 0 Å². The minimum Gasteiger partial charge on any atom is -0.374 e. The van der Waals surface area contributed by atoms with Gasteiger partial charge >= 0.3 is 0 Å². The maximum Gasteiger partial charge on any atom is 0.184 e. The fourth-order valence-corrected chi connectivity index (χ4v) is 1.10. The molecule has 1 aliphatic rings. The van der Waals surface area contributed by atoms with Crippen LogP contribution in [-0.2, 0) is 14.2 Å². The van der Waals surface area contributed by atoms with Crippen molar-refractivity contribution in [1.29, 1.82) is 0 Å². The van der Waals surface area contributed by atoms with Gasteiger partial charge in [0.15, 0.2) is 6.29 Å². The smallest absolute Gasteiger partial charge is 0.184 e. The molecule has 0 fully saturated rings. The van der Waals surface area contributed by atoms with Crippen molar-refractivity contribution in [2.24, 2.45) is 0 Å². The van der Waals surface area contributed by atoms with Gasteiger partial charge in [-0.1, -0.05) is 12.2 Å². The molecule has 0 aromatic carbocycles. The largest absolute Gasteiger partial charge is 0.374 e. The lowest BCUT2D eigenvalue weighted by Gasteiger charge is -2.21. The van der Waals surface area contributed by atoms with Crippen molar-refractivity contribution >= 4 is 0 Å². The molecule has 1 heterocycles. The molecule has 0 aliphatic carbocycles. The first kappa shape index (κ1) is 9.71. The van der Waals surface area contributed by atoms with Crippen molar-refractivity contribution in [3.63, 3.8) is 0 Å². The minimum absolute atomic E-state index is 0.00917. The Balaban J connectivity index is 2.30. The molecule has 1 rings (SSSR count). The average molecular weight is 172 g/mol. The number of hydrogen-bond donors (Lipinski definition) is 0. The summed E-state index contributed by atoms with van der Waals surface area (Å²) in [6.45, 7) is 5.84. The number of rotatable bonds is 3. The summed E-state index contributed by atoms with van der Waals surface area (Å²) in [5.74, 6) is 0. The summed E-state index contributed by atoms with van der Waals surface area (Å²) in [6.07, 6.45) is 3.70. The number of hydrogen-bond acceptors (Lipinski definition) is 3. The molecule has 1 aliphatic heterocycles. The van der Waals surface area contributed by atoms with Gasteiger partial charge in [-0.15, -0.1) is 0 Å². The predicted molar refractivity (Wildman–Crippen MR) is 45.9 cm³/mol. The minimum atomic E-state index is -0.222. The third-order valence-electron chi connectivity index (χ3n) is 1.69. The van der Waals surface area contributed by atoms with E-state index in [9.17, 15) is 0 Å². The van der Waals surface area contributed by atoms with Crippen molar-refractivity contribution in [3.8, 4) is 0 Å². The van der Waals surface area contributed by atoms with Crippen LogP contribution in [0.5, 0.6) is 0 Å². The van der Waals surface area contributed by atoms with Gasteiger partial charge < -0.3 is 14.2 Å². The Morgan fingerprint density at radius 1 is 1.42 bits per heavy atom. The van der Waals surface area contributed by atoms with E-state index in [1.807, 2.05) is 26.0 Å². The van der Waals surface area contributed by atoms with Crippen LogP contribution in [0.4, 0.5) is 0 Å². The zero-order chi connectivity index (χ0) is 8.81. The van der Waals surface area contributed by atoms with Crippen molar-refractivity contribution in [2.75, 3.05) is 19.8 Å². The van der Waals surface area contributed by atoms with E-state index < -0.39 is 0 Å². The van der Waals surface area contributed by atoms with E-state index in [1.165, 1.54) is 0 Å². The molecule has 70 valence electrons. The van der Waals surface area contributed by atoms with Crippen LogP contribution >= 0.6 is 0 Å². The van der Waals surface area contributed by atoms with Gasteiger partial charge in [0.2, 0.25) is 0 Å². The zero-order valence-corrected chi connectivity index (χ0v) is 7.66. The number of ether oxygens (including phenoxy) is 3. The molecule has 3 heteroatoms. The van der Waals surface area contributed by atoms with Crippen LogP contribution < -0.4 is 0 Å². The lowest BCUT2D eigenvalue weighted by Crippen LogP contribution is -2.31. The Hall–Kier alpha value is -0.380. The van der Waals surface area contributed by atoms with E-state index in [0.29, 0.717) is 19.8 Å². The van der Waals surface area contributed by atoms with E-state index in [-0.39, 0.29) is 12.4 Å². The molecule has 0 aromatic rings. The maximum absolute atomic E-state index is 5.38. The van der Waals surface area contributed by atoms with E-state index in [0.717, 1.165) is 0 Å². The molecule has 1 atom stereocenters. The molecule has 1 unspecified atom stereocenters. The quantitative estimate of drug-likeness (QED) is 0.601. The first-order valence-corrected chi connectivity index (χ1v) is 4.34. The second-order valence-electron chi connectivity index (χ2n) is 2.67. The molecule has 0 N–H and O–H groups in total. The summed E-state index contributed by atoms with van der Waals surface area (Å²) in [4.78, 5) is 0. The van der Waals surface area contributed by atoms with Crippen molar-refractivity contribution in [3.05, 3.63) is 12.2 Å². The molecule has 0 saturated heterocycles. The molecule has 3 nitrogen and oxygen atoms in total. The standard InChI is InChI=1S/C9H16O3/c1-3-10-8(2)9-11-6-4-5-7-12-9/h4-5,8-9H,3,6-7H2,1-2H3. The van der Waals surface area contributed by atoms with Crippen molar-refractivity contribution < 1.29 is 14.2 Å². The molecule has 0 bridgehead atoms. The lowest BCUT2D eigenvalue weighted by atomic mass is 10.4. The van der Waals surface area contributed by atoms with Crippen LogP contribution in [0.3, 0.4) is 0 Å². The van der Waals surface area contributed by atoms with Crippen LogP contribution in [0, 0.1) is 0 Å². The van der Waals surface area contributed by atoms with E-state index >= 15 is 0 Å². The second-order valence-corrected chi connectivity index (χ2v) is 2.67. The third kappa shape index (κ3) is 2.93. The molecular weight excluding hydrogens is 156 g/mol. The fourth-order valence-electron chi connectivity index (χ4n) is 1.10. The van der Waals surface area contributed by atoms with E-state index in [4.69, 9.17) is 14.2 Å². The zero-order valence-electron chi connectivity index (χ0n) is 7.66. The monoisotopic (exact) mass is 172 g/mol. The van der Waals surface area contributed by atoms with Crippen LogP contribution in [0.15, 0.2) is 12.2 Å².